The number of nitrogens with zero attached hydrogens (tertiary/aromatic N) is 1. The molecule has 0 amide bonds. The van der Waals surface area contributed by atoms with E-state index in [9.17, 15) is 4.79 Å². The van der Waals surface area contributed by atoms with Crippen LogP contribution in [0.2, 0.25) is 0 Å². The van der Waals surface area contributed by atoms with Gasteiger partial charge in [0.2, 0.25) is 0 Å². The summed E-state index contributed by atoms with van der Waals surface area (Å²) in [6.07, 6.45) is 0.562. The summed E-state index contributed by atoms with van der Waals surface area (Å²) in [7, 11) is 0. The first-order valence-electron chi connectivity index (χ1n) is 6.65. The van der Waals surface area contributed by atoms with Gasteiger partial charge in [-0.15, -0.1) is 0 Å². The molecular weight excluding hydrogens is 224 g/mol. The molecule has 1 aliphatic heterocycles. The van der Waals surface area contributed by atoms with Crippen molar-refractivity contribution >= 4 is 5.78 Å². The van der Waals surface area contributed by atoms with E-state index in [0.717, 1.165) is 31.7 Å². The summed E-state index contributed by atoms with van der Waals surface area (Å²) < 4.78 is 0. The van der Waals surface area contributed by atoms with E-state index in [1.165, 1.54) is 11.1 Å². The largest absolute Gasteiger partial charge is 0.314 e. The van der Waals surface area contributed by atoms with Crippen molar-refractivity contribution in [1.29, 1.82) is 0 Å². The Kier molecular flexibility index (Phi) is 4.50. The first kappa shape index (κ1) is 13.2. The Morgan fingerprint density at radius 2 is 1.78 bits per heavy atom. The molecule has 1 aromatic rings. The van der Waals surface area contributed by atoms with E-state index in [1.54, 1.807) is 0 Å². The Bertz CT molecular complexity index is 402. The zero-order valence-corrected chi connectivity index (χ0v) is 11.3. The van der Waals surface area contributed by atoms with E-state index in [-0.39, 0.29) is 0 Å². The summed E-state index contributed by atoms with van der Waals surface area (Å²) in [5.74, 6) is 0.321. The highest BCUT2D eigenvalue weighted by Gasteiger charge is 2.13. The molecule has 1 aromatic carbocycles. The zero-order valence-electron chi connectivity index (χ0n) is 11.3. The highest BCUT2D eigenvalue weighted by Crippen LogP contribution is 2.10. The Hall–Kier alpha value is -1.19. The number of carbonyl (C=O) groups is 1. The maximum Gasteiger partial charge on any atom is 0.151 e. The van der Waals surface area contributed by atoms with E-state index in [4.69, 9.17) is 0 Å². The van der Waals surface area contributed by atoms with Crippen molar-refractivity contribution in [3.8, 4) is 0 Å². The van der Waals surface area contributed by atoms with Crippen LogP contribution in [0.1, 0.15) is 16.7 Å². The topological polar surface area (TPSA) is 32.3 Å². The minimum atomic E-state index is 0.321. The van der Waals surface area contributed by atoms with Gasteiger partial charge in [0.15, 0.2) is 5.78 Å². The molecule has 0 aromatic heterocycles. The van der Waals surface area contributed by atoms with Crippen molar-refractivity contribution in [2.24, 2.45) is 0 Å². The lowest BCUT2D eigenvalue weighted by atomic mass is 10.0. The Morgan fingerprint density at radius 1 is 1.17 bits per heavy atom. The number of carbonyl (C=O) groups excluding carboxylic acids is 1. The first-order valence-corrected chi connectivity index (χ1v) is 6.65. The molecule has 98 valence electrons. The van der Waals surface area contributed by atoms with Crippen LogP contribution in [0, 0.1) is 13.8 Å². The molecule has 1 fully saturated rings. The fourth-order valence-electron chi connectivity index (χ4n) is 2.57. The number of benzene rings is 1. The number of aryl methyl sites for hydroxylation is 2. The molecule has 0 unspecified atom stereocenters. The number of Topliss-reactive ketones (excluding diaryl/α,β-unsaturated/α-hetero) is 1. The Balaban J connectivity index is 1.89. The molecule has 0 aliphatic carbocycles. The molecular formula is C15H22N2O. The van der Waals surface area contributed by atoms with E-state index >= 15 is 0 Å². The minimum Gasteiger partial charge on any atom is -0.314 e. The highest BCUT2D eigenvalue weighted by molar-refractivity contribution is 5.82. The second-order valence-electron chi connectivity index (χ2n) is 5.24. The maximum atomic E-state index is 12.0. The molecule has 3 heteroatoms. The number of nitrogens with one attached hydrogen (secondary N) is 1. The number of ketones is 1. The first-order chi connectivity index (χ1) is 8.63. The fraction of sp³-hybridized carbons (Fsp3) is 0.533. The van der Waals surface area contributed by atoms with Crippen LogP contribution in [-0.2, 0) is 11.2 Å². The third-order valence-electron chi connectivity index (χ3n) is 3.29. The summed E-state index contributed by atoms with van der Waals surface area (Å²) in [6.45, 7) is 8.72. The van der Waals surface area contributed by atoms with Crippen LogP contribution in [0.5, 0.6) is 0 Å². The lowest BCUT2D eigenvalue weighted by molar-refractivity contribution is -0.119. The van der Waals surface area contributed by atoms with Gasteiger partial charge in [-0.05, 0) is 19.4 Å². The van der Waals surface area contributed by atoms with Crippen LogP contribution in [-0.4, -0.2) is 43.4 Å². The van der Waals surface area contributed by atoms with Gasteiger partial charge in [-0.3, -0.25) is 9.69 Å². The fourth-order valence-corrected chi connectivity index (χ4v) is 2.57. The normalized spacial score (nSPS) is 16.8. The van der Waals surface area contributed by atoms with Crippen molar-refractivity contribution in [2.45, 2.75) is 20.3 Å². The quantitative estimate of drug-likeness (QED) is 0.869. The third kappa shape index (κ3) is 3.93. The molecule has 0 spiro atoms. The van der Waals surface area contributed by atoms with Crippen molar-refractivity contribution < 1.29 is 4.79 Å². The zero-order chi connectivity index (χ0) is 13.0. The van der Waals surface area contributed by atoms with E-state index in [2.05, 4.69) is 42.3 Å². The molecule has 0 bridgehead atoms. The van der Waals surface area contributed by atoms with Gasteiger partial charge in [0.05, 0.1) is 6.54 Å². The summed E-state index contributed by atoms with van der Waals surface area (Å²) in [6, 6.07) is 6.37. The van der Waals surface area contributed by atoms with Gasteiger partial charge in [0, 0.05) is 32.6 Å². The summed E-state index contributed by atoms with van der Waals surface area (Å²) >= 11 is 0. The molecule has 1 heterocycles. The van der Waals surface area contributed by atoms with Crippen molar-refractivity contribution in [2.75, 3.05) is 32.7 Å². The van der Waals surface area contributed by atoms with Gasteiger partial charge < -0.3 is 5.32 Å². The lowest BCUT2D eigenvalue weighted by Gasteiger charge is -2.26. The second-order valence-corrected chi connectivity index (χ2v) is 5.24. The van der Waals surface area contributed by atoms with Crippen LogP contribution in [0.15, 0.2) is 18.2 Å². The van der Waals surface area contributed by atoms with Crippen LogP contribution in [0.4, 0.5) is 0 Å². The molecule has 1 saturated heterocycles. The molecule has 0 radical (unpaired) electrons. The summed E-state index contributed by atoms with van der Waals surface area (Å²) in [4.78, 5) is 14.3. The van der Waals surface area contributed by atoms with Crippen LogP contribution in [0.3, 0.4) is 0 Å². The van der Waals surface area contributed by atoms with Crippen LogP contribution < -0.4 is 5.32 Å². The molecule has 3 nitrogen and oxygen atoms in total. The highest BCUT2D eigenvalue weighted by atomic mass is 16.1. The standard InChI is InChI=1S/C15H22N2O/c1-12-7-13(2)9-14(8-12)10-15(18)11-17-5-3-16-4-6-17/h7-9,16H,3-6,10-11H2,1-2H3. The third-order valence-corrected chi connectivity index (χ3v) is 3.29. The van der Waals surface area contributed by atoms with Gasteiger partial charge in [-0.25, -0.2) is 0 Å². The van der Waals surface area contributed by atoms with Gasteiger partial charge in [-0.2, -0.15) is 0 Å². The van der Waals surface area contributed by atoms with Crippen LogP contribution >= 0.6 is 0 Å². The molecule has 1 N–H and O–H groups in total. The maximum absolute atomic E-state index is 12.0. The van der Waals surface area contributed by atoms with E-state index in [1.807, 2.05) is 0 Å². The molecule has 0 atom stereocenters. The van der Waals surface area contributed by atoms with Gasteiger partial charge in [0.1, 0.15) is 0 Å². The average molecular weight is 246 g/mol. The number of hydrogen-bond donors (Lipinski definition) is 1. The van der Waals surface area contributed by atoms with Gasteiger partial charge in [0.25, 0.3) is 0 Å². The monoisotopic (exact) mass is 246 g/mol. The number of hydrogen-bond acceptors (Lipinski definition) is 3. The molecule has 0 saturated carbocycles. The van der Waals surface area contributed by atoms with E-state index < -0.39 is 0 Å². The molecule has 2 rings (SSSR count). The summed E-state index contributed by atoms with van der Waals surface area (Å²) in [5, 5.41) is 3.30. The molecule has 18 heavy (non-hydrogen) atoms. The lowest BCUT2D eigenvalue weighted by Crippen LogP contribution is -2.45. The number of rotatable bonds is 4. The van der Waals surface area contributed by atoms with Crippen molar-refractivity contribution in [1.82, 2.24) is 10.2 Å². The predicted octanol–water partition coefficient (Wildman–Crippen LogP) is 1.32. The smallest absolute Gasteiger partial charge is 0.151 e. The Labute approximate surface area is 109 Å². The van der Waals surface area contributed by atoms with Gasteiger partial charge in [-0.1, -0.05) is 29.3 Å². The Morgan fingerprint density at radius 3 is 2.39 bits per heavy atom. The van der Waals surface area contributed by atoms with E-state index in [0.29, 0.717) is 18.7 Å². The molecule has 1 aliphatic rings. The minimum absolute atomic E-state index is 0.321. The van der Waals surface area contributed by atoms with Gasteiger partial charge >= 0.3 is 0 Å². The van der Waals surface area contributed by atoms with Crippen molar-refractivity contribution in [3.63, 3.8) is 0 Å². The predicted molar refractivity (Wildman–Crippen MR) is 73.9 cm³/mol. The summed E-state index contributed by atoms with van der Waals surface area (Å²) in [5.41, 5.74) is 3.62. The average Bonchev–Trinajstić information content (AvgIpc) is 2.28. The SMILES string of the molecule is Cc1cc(C)cc(CC(=O)CN2CCNCC2)c1. The van der Waals surface area contributed by atoms with Crippen molar-refractivity contribution in [3.05, 3.63) is 34.9 Å². The number of piperazine rings is 1. The van der Waals surface area contributed by atoms with Crippen LogP contribution in [0.25, 0.3) is 0 Å². The second kappa shape index (κ2) is 6.12.